The van der Waals surface area contributed by atoms with Gasteiger partial charge in [0.05, 0.1) is 16.8 Å². The van der Waals surface area contributed by atoms with E-state index in [-0.39, 0.29) is 10.8 Å². The molecule has 0 radical (unpaired) electrons. The molecule has 0 aliphatic rings. The Morgan fingerprint density at radius 1 is 1.39 bits per heavy atom. The quantitative estimate of drug-likeness (QED) is 0.515. The Balaban J connectivity index is 2.26. The van der Waals surface area contributed by atoms with Crippen LogP contribution in [0.2, 0.25) is 0 Å². The molecule has 0 fully saturated rings. The van der Waals surface area contributed by atoms with Crippen molar-refractivity contribution in [1.82, 2.24) is 4.57 Å². The van der Waals surface area contributed by atoms with Gasteiger partial charge >= 0.3 is 0 Å². The van der Waals surface area contributed by atoms with Gasteiger partial charge in [0, 0.05) is 4.90 Å². The van der Waals surface area contributed by atoms with Crippen LogP contribution >= 0.6 is 34.4 Å². The van der Waals surface area contributed by atoms with Crippen molar-refractivity contribution in [3.8, 4) is 12.3 Å². The molecule has 0 aliphatic heterocycles. The monoisotopic (exact) mass is 380 g/mol. The summed E-state index contributed by atoms with van der Waals surface area (Å²) in [5, 5.41) is 1.72. The fourth-order valence-electron chi connectivity index (χ4n) is 2.05. The Kier molecular flexibility index (Phi) is 4.64. The summed E-state index contributed by atoms with van der Waals surface area (Å²) in [6.07, 6.45) is 7.43. The second-order valence-electron chi connectivity index (χ2n) is 4.51. The average molecular weight is 381 g/mol. The van der Waals surface area contributed by atoms with E-state index >= 15 is 0 Å². The number of thiazole rings is 1. The predicted octanol–water partition coefficient (Wildman–Crippen LogP) is 3.41. The molecule has 8 heteroatoms. The molecule has 4 nitrogen and oxygen atoms in total. The van der Waals surface area contributed by atoms with Gasteiger partial charge in [-0.3, -0.25) is 0 Å². The van der Waals surface area contributed by atoms with Gasteiger partial charge in [-0.05, 0) is 35.9 Å². The zero-order chi connectivity index (χ0) is 16.4. The molecule has 0 amide bonds. The van der Waals surface area contributed by atoms with Crippen LogP contribution in [0, 0.1) is 12.3 Å². The minimum Gasteiger partial charge on any atom is -0.304 e. The lowest BCUT2D eigenvalue weighted by atomic mass is 10.3. The smallest absolute Gasteiger partial charge is 0.294 e. The number of fused-ring (bicyclic) bond motifs is 1. The number of hydrogen-bond acceptors (Lipinski definition) is 5. The van der Waals surface area contributed by atoms with Crippen molar-refractivity contribution in [2.45, 2.75) is 15.6 Å². The van der Waals surface area contributed by atoms with Crippen molar-refractivity contribution in [3.63, 3.8) is 0 Å². The third kappa shape index (κ3) is 3.23. The van der Waals surface area contributed by atoms with Gasteiger partial charge in [0.15, 0.2) is 0 Å². The minimum atomic E-state index is -3.71. The Hall–Kier alpha value is -1.53. The number of thiophene rings is 1. The lowest BCUT2D eigenvalue weighted by Crippen LogP contribution is -2.16. The van der Waals surface area contributed by atoms with Crippen molar-refractivity contribution < 1.29 is 8.42 Å². The van der Waals surface area contributed by atoms with E-state index in [1.807, 2.05) is 24.5 Å². The number of nitrogens with zero attached hydrogens (tertiary/aromatic N) is 2. The first-order chi connectivity index (χ1) is 11.0. The summed E-state index contributed by atoms with van der Waals surface area (Å²) in [5.41, 5.74) is 0.894. The summed E-state index contributed by atoms with van der Waals surface area (Å²) >= 11 is 4.11. The molecule has 0 aliphatic carbocycles. The molecule has 0 N–H and O–H groups in total. The molecule has 3 aromatic rings. The number of terminal acetylenes is 1. The molecule has 3 rings (SSSR count). The first kappa shape index (κ1) is 16.3. The maximum Gasteiger partial charge on any atom is 0.294 e. The van der Waals surface area contributed by atoms with Crippen molar-refractivity contribution in [2.24, 2.45) is 4.40 Å². The van der Waals surface area contributed by atoms with Gasteiger partial charge in [-0.25, -0.2) is 0 Å². The van der Waals surface area contributed by atoms with Gasteiger partial charge < -0.3 is 4.57 Å². The lowest BCUT2D eigenvalue weighted by Gasteiger charge is -2.01. The summed E-state index contributed by atoms with van der Waals surface area (Å²) < 4.78 is 31.8. The number of sulfonamides is 1. The van der Waals surface area contributed by atoms with Gasteiger partial charge in [0.1, 0.15) is 4.21 Å². The summed E-state index contributed by atoms with van der Waals surface area (Å²) in [5.74, 6) is 2.56. The van der Waals surface area contributed by atoms with Gasteiger partial charge in [-0.1, -0.05) is 23.3 Å². The maximum atomic E-state index is 12.4. The fraction of sp³-hybridized carbons (Fsp3) is 0.133. The number of rotatable bonds is 4. The van der Waals surface area contributed by atoms with Gasteiger partial charge in [-0.15, -0.1) is 33.9 Å². The molecule has 2 heterocycles. The summed E-state index contributed by atoms with van der Waals surface area (Å²) in [7, 11) is -3.71. The van der Waals surface area contributed by atoms with Crippen LogP contribution in [0.5, 0.6) is 0 Å². The molecule has 0 saturated carbocycles. The molecule has 0 bridgehead atoms. The Bertz CT molecular complexity index is 1050. The highest BCUT2D eigenvalue weighted by molar-refractivity contribution is 7.98. The zero-order valence-corrected chi connectivity index (χ0v) is 15.4. The lowest BCUT2D eigenvalue weighted by molar-refractivity contribution is 0.598. The van der Waals surface area contributed by atoms with Gasteiger partial charge in [-0.2, -0.15) is 8.42 Å². The average Bonchev–Trinajstić information content (AvgIpc) is 3.16. The second kappa shape index (κ2) is 6.53. The highest BCUT2D eigenvalue weighted by Gasteiger charge is 2.15. The molecule has 118 valence electrons. The second-order valence-corrected chi connectivity index (χ2v) is 9.17. The summed E-state index contributed by atoms with van der Waals surface area (Å²) in [6.45, 7) is 0.275. The van der Waals surface area contributed by atoms with Crippen LogP contribution in [0.15, 0.2) is 49.2 Å². The Labute approximate surface area is 146 Å². The maximum absolute atomic E-state index is 12.4. The third-order valence-corrected chi connectivity index (χ3v) is 7.61. The van der Waals surface area contributed by atoms with Crippen molar-refractivity contribution in [1.29, 1.82) is 0 Å². The highest BCUT2D eigenvalue weighted by Crippen LogP contribution is 2.25. The van der Waals surface area contributed by atoms with Gasteiger partial charge in [0.2, 0.25) is 4.80 Å². The van der Waals surface area contributed by atoms with E-state index in [1.165, 1.54) is 11.3 Å². The van der Waals surface area contributed by atoms with Crippen LogP contribution in [-0.4, -0.2) is 19.2 Å². The molecule has 0 spiro atoms. The molecule has 0 atom stereocenters. The summed E-state index contributed by atoms with van der Waals surface area (Å²) in [6, 6.07) is 9.21. The molecule has 23 heavy (non-hydrogen) atoms. The standard InChI is InChI=1S/C15H12N2O2S4/c1-3-8-17-12-7-6-11(20-2)10-13(12)22-15(17)16-23(18,19)14-5-4-9-21-14/h1,4-7,9-10H,8H2,2H3/b16-15-. The largest absolute Gasteiger partial charge is 0.304 e. The minimum absolute atomic E-state index is 0.229. The van der Waals surface area contributed by atoms with E-state index in [1.54, 1.807) is 33.8 Å². The number of benzene rings is 1. The number of hydrogen-bond donors (Lipinski definition) is 0. The molecule has 0 unspecified atom stereocenters. The van der Waals surface area contributed by atoms with Crippen LogP contribution in [0.4, 0.5) is 0 Å². The first-order valence-corrected chi connectivity index (χ1v) is 10.9. The van der Waals surface area contributed by atoms with Crippen LogP contribution in [0.25, 0.3) is 10.2 Å². The van der Waals surface area contributed by atoms with Crippen LogP contribution in [-0.2, 0) is 16.6 Å². The topological polar surface area (TPSA) is 51.4 Å². The Morgan fingerprint density at radius 3 is 2.87 bits per heavy atom. The van der Waals surface area contributed by atoms with Crippen LogP contribution < -0.4 is 4.80 Å². The van der Waals surface area contributed by atoms with Crippen molar-refractivity contribution >= 4 is 54.7 Å². The van der Waals surface area contributed by atoms with Crippen molar-refractivity contribution in [2.75, 3.05) is 6.26 Å². The van der Waals surface area contributed by atoms with E-state index in [2.05, 4.69) is 10.3 Å². The number of thioether (sulfide) groups is 1. The molecule has 1 aromatic carbocycles. The normalized spacial score (nSPS) is 12.6. The molecule has 2 aromatic heterocycles. The number of aromatic nitrogens is 1. The Morgan fingerprint density at radius 2 is 2.22 bits per heavy atom. The zero-order valence-electron chi connectivity index (χ0n) is 12.1. The van der Waals surface area contributed by atoms with E-state index in [9.17, 15) is 8.42 Å². The predicted molar refractivity (Wildman–Crippen MR) is 97.5 cm³/mol. The molecule has 0 saturated heterocycles. The van der Waals surface area contributed by atoms with E-state index in [0.717, 1.165) is 26.4 Å². The highest BCUT2D eigenvalue weighted by atomic mass is 32.2. The van der Waals surface area contributed by atoms with E-state index in [0.29, 0.717) is 4.80 Å². The van der Waals surface area contributed by atoms with E-state index in [4.69, 9.17) is 6.42 Å². The summed E-state index contributed by atoms with van der Waals surface area (Å²) in [4.78, 5) is 1.50. The van der Waals surface area contributed by atoms with E-state index < -0.39 is 10.0 Å². The fourth-order valence-corrected chi connectivity index (χ4v) is 5.81. The van der Waals surface area contributed by atoms with Crippen molar-refractivity contribution in [3.05, 3.63) is 40.5 Å². The van der Waals surface area contributed by atoms with Crippen LogP contribution in [0.3, 0.4) is 0 Å². The SMILES string of the molecule is C#CCn1/c(=N/S(=O)(=O)c2cccs2)sc2cc(SC)ccc21. The first-order valence-electron chi connectivity index (χ1n) is 6.50. The van der Waals surface area contributed by atoms with Crippen LogP contribution in [0.1, 0.15) is 0 Å². The molecular formula is C15H12N2O2S4. The molecular weight excluding hydrogens is 368 g/mol. The van der Waals surface area contributed by atoms with Gasteiger partial charge in [0.25, 0.3) is 10.0 Å². The third-order valence-electron chi connectivity index (χ3n) is 3.09.